The number of carbonyl (C=O) groups excluding carboxylic acids is 1. The van der Waals surface area contributed by atoms with Crippen molar-refractivity contribution in [3.8, 4) is 0 Å². The molecular formula is C17H19FN2O3S2. The highest BCUT2D eigenvalue weighted by molar-refractivity contribution is 7.91. The summed E-state index contributed by atoms with van der Waals surface area (Å²) in [4.78, 5) is 12.3. The summed E-state index contributed by atoms with van der Waals surface area (Å²) in [6.45, 7) is 0.425. The lowest BCUT2D eigenvalue weighted by atomic mass is 10.0. The van der Waals surface area contributed by atoms with E-state index in [1.807, 2.05) is 0 Å². The molecule has 2 heterocycles. The second kappa shape index (κ2) is 7.63. The number of amides is 1. The van der Waals surface area contributed by atoms with Crippen molar-refractivity contribution in [2.75, 3.05) is 11.9 Å². The molecule has 8 heteroatoms. The first-order chi connectivity index (χ1) is 12.0. The maximum atomic E-state index is 12.9. The molecule has 3 rings (SSSR count). The van der Waals surface area contributed by atoms with Crippen LogP contribution >= 0.6 is 11.3 Å². The van der Waals surface area contributed by atoms with E-state index in [-0.39, 0.29) is 24.2 Å². The lowest BCUT2D eigenvalue weighted by Gasteiger charge is -2.34. The van der Waals surface area contributed by atoms with E-state index in [9.17, 15) is 17.6 Å². The number of benzene rings is 1. The Morgan fingerprint density at radius 3 is 2.68 bits per heavy atom. The molecule has 134 valence electrons. The second-order valence-electron chi connectivity index (χ2n) is 5.96. The Morgan fingerprint density at radius 1 is 1.24 bits per heavy atom. The fraction of sp³-hybridized carbons (Fsp3) is 0.353. The summed E-state index contributed by atoms with van der Waals surface area (Å²) in [5.74, 6) is -0.650. The van der Waals surface area contributed by atoms with Gasteiger partial charge in [0, 0.05) is 24.7 Å². The number of nitrogens with zero attached hydrogens (tertiary/aromatic N) is 1. The van der Waals surface area contributed by atoms with Crippen molar-refractivity contribution in [2.24, 2.45) is 0 Å². The van der Waals surface area contributed by atoms with E-state index < -0.39 is 10.0 Å². The van der Waals surface area contributed by atoms with Crippen molar-refractivity contribution < 1.29 is 17.6 Å². The fourth-order valence-electron chi connectivity index (χ4n) is 2.98. The van der Waals surface area contributed by atoms with Gasteiger partial charge in [0.1, 0.15) is 10.0 Å². The van der Waals surface area contributed by atoms with Crippen molar-refractivity contribution >= 4 is 33.0 Å². The third-order valence-electron chi connectivity index (χ3n) is 4.18. The first-order valence-corrected chi connectivity index (χ1v) is 10.4. The van der Waals surface area contributed by atoms with Gasteiger partial charge in [0.2, 0.25) is 5.91 Å². The second-order valence-corrected chi connectivity index (χ2v) is 9.02. The number of halogens is 1. The third-order valence-corrected chi connectivity index (χ3v) is 7.51. The first-order valence-electron chi connectivity index (χ1n) is 8.07. The summed E-state index contributed by atoms with van der Waals surface area (Å²) in [5, 5.41) is 4.43. The van der Waals surface area contributed by atoms with Crippen molar-refractivity contribution in [1.82, 2.24) is 4.31 Å². The topological polar surface area (TPSA) is 66.5 Å². The Labute approximate surface area is 150 Å². The molecule has 25 heavy (non-hydrogen) atoms. The van der Waals surface area contributed by atoms with E-state index in [1.54, 1.807) is 17.5 Å². The summed E-state index contributed by atoms with van der Waals surface area (Å²) in [5.41, 5.74) is 0.495. The first kappa shape index (κ1) is 18.0. The van der Waals surface area contributed by atoms with Gasteiger partial charge in [-0.1, -0.05) is 12.5 Å². The predicted molar refractivity (Wildman–Crippen MR) is 95.5 cm³/mol. The molecule has 0 spiro atoms. The molecule has 1 aliphatic rings. The van der Waals surface area contributed by atoms with E-state index in [1.165, 1.54) is 39.9 Å². The van der Waals surface area contributed by atoms with Gasteiger partial charge in [-0.05, 0) is 48.6 Å². The maximum Gasteiger partial charge on any atom is 0.252 e. The molecular weight excluding hydrogens is 363 g/mol. The van der Waals surface area contributed by atoms with E-state index in [4.69, 9.17) is 0 Å². The highest BCUT2D eigenvalue weighted by Gasteiger charge is 2.35. The minimum atomic E-state index is -3.57. The number of anilines is 1. The summed E-state index contributed by atoms with van der Waals surface area (Å²) in [6.07, 6.45) is 2.43. The molecule has 1 aromatic carbocycles. The van der Waals surface area contributed by atoms with Gasteiger partial charge in [-0.3, -0.25) is 4.79 Å². The van der Waals surface area contributed by atoms with Crippen LogP contribution in [0.3, 0.4) is 0 Å². The van der Waals surface area contributed by atoms with Crippen LogP contribution in [0.1, 0.15) is 25.7 Å². The Hall–Kier alpha value is -1.77. The zero-order valence-electron chi connectivity index (χ0n) is 13.5. The Bertz CT molecular complexity index is 820. The summed E-state index contributed by atoms with van der Waals surface area (Å²) in [6, 6.07) is 8.43. The quantitative estimate of drug-likeness (QED) is 0.861. The largest absolute Gasteiger partial charge is 0.326 e. The molecule has 0 unspecified atom stereocenters. The smallest absolute Gasteiger partial charge is 0.252 e. The molecule has 1 N–H and O–H groups in total. The number of sulfonamides is 1. The van der Waals surface area contributed by atoms with Crippen LogP contribution in [0.5, 0.6) is 0 Å². The van der Waals surface area contributed by atoms with Gasteiger partial charge >= 0.3 is 0 Å². The van der Waals surface area contributed by atoms with Crippen LogP contribution in [0.25, 0.3) is 0 Å². The van der Waals surface area contributed by atoms with Gasteiger partial charge in [-0.25, -0.2) is 12.8 Å². The predicted octanol–water partition coefficient (Wildman–Crippen LogP) is 3.46. The van der Waals surface area contributed by atoms with Crippen molar-refractivity contribution in [1.29, 1.82) is 0 Å². The van der Waals surface area contributed by atoms with Crippen molar-refractivity contribution in [3.05, 3.63) is 47.6 Å². The zero-order valence-corrected chi connectivity index (χ0v) is 15.2. The van der Waals surface area contributed by atoms with E-state index in [0.717, 1.165) is 12.8 Å². The van der Waals surface area contributed by atoms with E-state index in [0.29, 0.717) is 22.9 Å². The number of hydrogen-bond donors (Lipinski definition) is 1. The molecule has 1 fully saturated rings. The van der Waals surface area contributed by atoms with Gasteiger partial charge in [-0.2, -0.15) is 4.31 Å². The number of rotatable bonds is 5. The normalized spacial score (nSPS) is 18.8. The standard InChI is InChI=1S/C17H19FN2O3S2/c18-13-6-8-14(9-7-13)19-16(21)12-15-4-1-2-10-20(15)25(22,23)17-5-3-11-24-17/h3,5-9,11,15H,1-2,4,10,12H2,(H,19,21)/t15-/m0/s1. The molecule has 0 radical (unpaired) electrons. The van der Waals surface area contributed by atoms with Crippen LogP contribution < -0.4 is 5.32 Å². The average Bonchev–Trinajstić information content (AvgIpc) is 3.13. The molecule has 0 aliphatic carbocycles. The average molecular weight is 382 g/mol. The molecule has 0 saturated carbocycles. The van der Waals surface area contributed by atoms with Crippen LogP contribution in [-0.4, -0.2) is 31.2 Å². The van der Waals surface area contributed by atoms with Gasteiger partial charge in [0.05, 0.1) is 0 Å². The monoisotopic (exact) mass is 382 g/mol. The van der Waals surface area contributed by atoms with Crippen LogP contribution in [-0.2, 0) is 14.8 Å². The van der Waals surface area contributed by atoms with E-state index >= 15 is 0 Å². The molecule has 1 aromatic heterocycles. The van der Waals surface area contributed by atoms with Gasteiger partial charge in [0.15, 0.2) is 0 Å². The third kappa shape index (κ3) is 4.26. The lowest BCUT2D eigenvalue weighted by Crippen LogP contribution is -2.45. The molecule has 1 saturated heterocycles. The molecule has 1 atom stereocenters. The Balaban J connectivity index is 1.71. The zero-order chi connectivity index (χ0) is 17.9. The highest BCUT2D eigenvalue weighted by atomic mass is 32.2. The number of hydrogen-bond acceptors (Lipinski definition) is 4. The van der Waals surface area contributed by atoms with Gasteiger partial charge in [-0.15, -0.1) is 11.3 Å². The van der Waals surface area contributed by atoms with Crippen molar-refractivity contribution in [2.45, 2.75) is 35.9 Å². The number of nitrogens with one attached hydrogen (secondary N) is 1. The molecule has 1 aliphatic heterocycles. The molecule has 0 bridgehead atoms. The van der Waals surface area contributed by atoms with Gasteiger partial charge < -0.3 is 5.32 Å². The fourth-order valence-corrected chi connectivity index (χ4v) is 5.79. The number of piperidine rings is 1. The summed E-state index contributed by atoms with van der Waals surface area (Å²) >= 11 is 1.18. The van der Waals surface area contributed by atoms with Crippen molar-refractivity contribution in [3.63, 3.8) is 0 Å². The molecule has 5 nitrogen and oxygen atoms in total. The SMILES string of the molecule is O=C(C[C@@H]1CCCCN1S(=O)(=O)c1cccs1)Nc1ccc(F)cc1. The minimum absolute atomic E-state index is 0.0853. The minimum Gasteiger partial charge on any atom is -0.326 e. The number of thiophene rings is 1. The molecule has 1 amide bonds. The maximum absolute atomic E-state index is 12.9. The van der Waals surface area contributed by atoms with Crippen LogP contribution in [0.15, 0.2) is 46.0 Å². The molecule has 2 aromatic rings. The number of carbonyl (C=O) groups is 1. The Morgan fingerprint density at radius 2 is 2.00 bits per heavy atom. The lowest BCUT2D eigenvalue weighted by molar-refractivity contribution is -0.117. The van der Waals surface area contributed by atoms with Crippen LogP contribution in [0.2, 0.25) is 0 Å². The van der Waals surface area contributed by atoms with Crippen LogP contribution in [0, 0.1) is 5.82 Å². The van der Waals surface area contributed by atoms with Gasteiger partial charge in [0.25, 0.3) is 10.0 Å². The Kier molecular flexibility index (Phi) is 5.51. The van der Waals surface area contributed by atoms with Crippen LogP contribution in [0.4, 0.5) is 10.1 Å². The highest BCUT2D eigenvalue weighted by Crippen LogP contribution is 2.29. The summed E-state index contributed by atoms with van der Waals surface area (Å²) < 4.78 is 40.3. The van der Waals surface area contributed by atoms with E-state index in [2.05, 4.69) is 5.32 Å². The summed E-state index contributed by atoms with van der Waals surface area (Å²) in [7, 11) is -3.57.